The molecule has 0 saturated carbocycles. The van der Waals surface area contributed by atoms with Crippen molar-refractivity contribution >= 4 is 28.3 Å². The monoisotopic (exact) mass is 397 g/mol. The van der Waals surface area contributed by atoms with E-state index in [1.54, 1.807) is 4.90 Å². The lowest BCUT2D eigenvalue weighted by atomic mass is 10.0. The number of piperazine rings is 1. The molecule has 0 aromatic heterocycles. The lowest BCUT2D eigenvalue weighted by molar-refractivity contribution is -0.132. The molecule has 2 rings (SSSR count). The first-order valence-corrected chi connectivity index (χ1v) is 10.6. The van der Waals surface area contributed by atoms with E-state index in [2.05, 4.69) is 5.32 Å². The van der Waals surface area contributed by atoms with Gasteiger partial charge in [0.05, 0.1) is 18.5 Å². The van der Waals surface area contributed by atoms with Gasteiger partial charge in [-0.1, -0.05) is 0 Å². The van der Waals surface area contributed by atoms with Crippen LogP contribution >= 0.6 is 12.4 Å². The molecule has 2 aliphatic rings. The number of sulfonamides is 1. The Kier molecular flexibility index (Phi) is 9.66. The summed E-state index contributed by atoms with van der Waals surface area (Å²) in [5, 5.41) is 3.31. The number of hydrogen-bond acceptors (Lipinski definition) is 5. The average Bonchev–Trinajstić information content (AvgIpc) is 3.05. The van der Waals surface area contributed by atoms with Crippen LogP contribution in [0.4, 0.5) is 0 Å². The van der Waals surface area contributed by atoms with E-state index in [1.165, 1.54) is 4.31 Å². The fourth-order valence-corrected chi connectivity index (χ4v) is 4.47. The lowest BCUT2D eigenvalue weighted by Crippen LogP contribution is -2.51. The van der Waals surface area contributed by atoms with Gasteiger partial charge in [-0.15, -0.1) is 12.4 Å². The Morgan fingerprint density at radius 2 is 1.92 bits per heavy atom. The molecule has 7 nitrogen and oxygen atoms in total. The molecule has 0 bridgehead atoms. The molecule has 25 heavy (non-hydrogen) atoms. The molecule has 1 unspecified atom stereocenters. The Balaban J connectivity index is 0.00000312. The number of nitrogens with zero attached hydrogens (tertiary/aromatic N) is 2. The maximum atomic E-state index is 12.3. The van der Waals surface area contributed by atoms with Gasteiger partial charge < -0.3 is 15.0 Å². The van der Waals surface area contributed by atoms with Crippen LogP contribution in [-0.4, -0.2) is 81.3 Å². The number of nitrogens with one attached hydrogen (secondary N) is 1. The van der Waals surface area contributed by atoms with Crippen molar-refractivity contribution in [2.24, 2.45) is 5.92 Å². The normalized spacial score (nSPS) is 22.2. The van der Waals surface area contributed by atoms with Crippen LogP contribution in [-0.2, 0) is 19.6 Å². The highest BCUT2D eigenvalue weighted by atomic mass is 35.5. The van der Waals surface area contributed by atoms with Crippen LogP contribution in [0.1, 0.15) is 33.1 Å². The average molecular weight is 398 g/mol. The van der Waals surface area contributed by atoms with Crippen LogP contribution in [0.3, 0.4) is 0 Å². The number of rotatable bonds is 8. The van der Waals surface area contributed by atoms with Crippen molar-refractivity contribution in [1.29, 1.82) is 0 Å². The molecule has 2 aliphatic heterocycles. The van der Waals surface area contributed by atoms with Crippen molar-refractivity contribution in [1.82, 2.24) is 14.5 Å². The third kappa shape index (κ3) is 7.38. The maximum Gasteiger partial charge on any atom is 0.222 e. The van der Waals surface area contributed by atoms with Crippen LogP contribution in [0.15, 0.2) is 0 Å². The number of ether oxygens (including phenoxy) is 1. The van der Waals surface area contributed by atoms with Gasteiger partial charge in [0.15, 0.2) is 0 Å². The zero-order valence-corrected chi connectivity index (χ0v) is 16.9. The van der Waals surface area contributed by atoms with Crippen molar-refractivity contribution < 1.29 is 17.9 Å². The molecule has 9 heteroatoms. The predicted octanol–water partition coefficient (Wildman–Crippen LogP) is 0.697. The summed E-state index contributed by atoms with van der Waals surface area (Å²) in [5.41, 5.74) is 0. The highest BCUT2D eigenvalue weighted by Gasteiger charge is 2.29. The number of carbonyl (C=O) groups excluding carboxylic acids is 1. The van der Waals surface area contributed by atoms with E-state index in [0.717, 1.165) is 25.9 Å². The summed E-state index contributed by atoms with van der Waals surface area (Å²) in [6, 6.07) is 0. The first kappa shape index (κ1) is 22.6. The molecule has 0 spiro atoms. The summed E-state index contributed by atoms with van der Waals surface area (Å²) in [4.78, 5) is 14.1. The minimum atomic E-state index is -3.29. The fourth-order valence-electron chi connectivity index (χ4n) is 3.18. The molecule has 2 fully saturated rings. The lowest BCUT2D eigenvalue weighted by Gasteiger charge is -2.34. The van der Waals surface area contributed by atoms with E-state index in [9.17, 15) is 13.2 Å². The van der Waals surface area contributed by atoms with Gasteiger partial charge in [-0.2, -0.15) is 4.31 Å². The summed E-state index contributed by atoms with van der Waals surface area (Å²) in [6.45, 7) is 7.82. The molecule has 148 valence electrons. The smallest absolute Gasteiger partial charge is 0.222 e. The number of halogens is 1. The zero-order chi connectivity index (χ0) is 17.6. The van der Waals surface area contributed by atoms with Crippen LogP contribution < -0.4 is 5.32 Å². The number of carbonyl (C=O) groups is 1. The van der Waals surface area contributed by atoms with Crippen molar-refractivity contribution in [2.75, 3.05) is 51.6 Å². The SMILES string of the molecule is CC(C)OCCS(=O)(=O)N1CCN(C(=O)CCC2CCNC2)CC1.Cl. The molecule has 0 radical (unpaired) electrons. The highest BCUT2D eigenvalue weighted by molar-refractivity contribution is 7.89. The first-order valence-electron chi connectivity index (χ1n) is 8.96. The second kappa shape index (κ2) is 10.7. The van der Waals surface area contributed by atoms with E-state index in [1.807, 2.05) is 13.8 Å². The van der Waals surface area contributed by atoms with E-state index < -0.39 is 10.0 Å². The molecular weight excluding hydrogens is 366 g/mol. The van der Waals surface area contributed by atoms with Gasteiger partial charge in [-0.25, -0.2) is 8.42 Å². The van der Waals surface area contributed by atoms with Gasteiger partial charge in [-0.3, -0.25) is 4.79 Å². The second-order valence-corrected chi connectivity index (χ2v) is 9.00. The third-order valence-electron chi connectivity index (χ3n) is 4.71. The van der Waals surface area contributed by atoms with E-state index in [0.29, 0.717) is 38.5 Å². The minimum absolute atomic E-state index is 0. The van der Waals surface area contributed by atoms with Crippen LogP contribution in [0, 0.1) is 5.92 Å². The first-order chi connectivity index (χ1) is 11.4. The Morgan fingerprint density at radius 3 is 2.48 bits per heavy atom. The topological polar surface area (TPSA) is 79.0 Å². The summed E-state index contributed by atoms with van der Waals surface area (Å²) in [7, 11) is -3.29. The highest BCUT2D eigenvalue weighted by Crippen LogP contribution is 2.16. The number of hydrogen-bond donors (Lipinski definition) is 1. The van der Waals surface area contributed by atoms with Gasteiger partial charge in [0.25, 0.3) is 0 Å². The van der Waals surface area contributed by atoms with Gasteiger partial charge in [0.1, 0.15) is 0 Å². The van der Waals surface area contributed by atoms with Crippen LogP contribution in [0.5, 0.6) is 0 Å². The van der Waals surface area contributed by atoms with E-state index in [4.69, 9.17) is 4.74 Å². The van der Waals surface area contributed by atoms with Crippen molar-refractivity contribution in [3.05, 3.63) is 0 Å². The molecule has 1 amide bonds. The molecule has 2 saturated heterocycles. The van der Waals surface area contributed by atoms with Crippen LogP contribution in [0.25, 0.3) is 0 Å². The quantitative estimate of drug-likeness (QED) is 0.652. The summed E-state index contributed by atoms with van der Waals surface area (Å²) in [6.07, 6.45) is 2.68. The Bertz CT molecular complexity index is 502. The van der Waals surface area contributed by atoms with Gasteiger partial charge in [0, 0.05) is 32.6 Å². The van der Waals surface area contributed by atoms with Gasteiger partial charge in [0.2, 0.25) is 15.9 Å². The fraction of sp³-hybridized carbons (Fsp3) is 0.938. The molecule has 2 heterocycles. The van der Waals surface area contributed by atoms with Crippen molar-refractivity contribution in [2.45, 2.75) is 39.2 Å². The Hall–Kier alpha value is -0.410. The summed E-state index contributed by atoms with van der Waals surface area (Å²) in [5.74, 6) is 0.770. The Labute approximate surface area is 157 Å². The standard InChI is InChI=1S/C16H31N3O4S.ClH/c1-14(2)23-11-12-24(21,22)19-9-7-18(8-10-19)16(20)4-3-15-5-6-17-13-15;/h14-15,17H,3-13H2,1-2H3;1H. The van der Waals surface area contributed by atoms with Crippen LogP contribution in [0.2, 0.25) is 0 Å². The largest absolute Gasteiger partial charge is 0.378 e. The predicted molar refractivity (Wildman–Crippen MR) is 100 cm³/mol. The summed E-state index contributed by atoms with van der Waals surface area (Å²) < 4.78 is 31.4. The zero-order valence-electron chi connectivity index (χ0n) is 15.3. The maximum absolute atomic E-state index is 12.3. The summed E-state index contributed by atoms with van der Waals surface area (Å²) >= 11 is 0. The Morgan fingerprint density at radius 1 is 1.24 bits per heavy atom. The third-order valence-corrected chi connectivity index (χ3v) is 6.54. The van der Waals surface area contributed by atoms with Crippen molar-refractivity contribution in [3.8, 4) is 0 Å². The molecule has 1 N–H and O–H groups in total. The van der Waals surface area contributed by atoms with E-state index in [-0.39, 0.29) is 36.8 Å². The number of amides is 1. The second-order valence-electron chi connectivity index (χ2n) is 6.91. The molecule has 0 aromatic carbocycles. The van der Waals surface area contributed by atoms with Gasteiger partial charge >= 0.3 is 0 Å². The van der Waals surface area contributed by atoms with Gasteiger partial charge in [-0.05, 0) is 45.7 Å². The van der Waals surface area contributed by atoms with E-state index >= 15 is 0 Å². The molecule has 0 aromatic rings. The molecular formula is C16H32ClN3O4S. The molecule has 1 atom stereocenters. The van der Waals surface area contributed by atoms with Crippen molar-refractivity contribution in [3.63, 3.8) is 0 Å². The minimum Gasteiger partial charge on any atom is -0.378 e. The molecule has 0 aliphatic carbocycles.